The Bertz CT molecular complexity index is 257. The van der Waals surface area contributed by atoms with Crippen LogP contribution in [0.5, 0.6) is 0 Å². The van der Waals surface area contributed by atoms with E-state index in [1.165, 1.54) is 25.1 Å². The molecule has 1 aliphatic rings. The van der Waals surface area contributed by atoms with Gasteiger partial charge in [-0.2, -0.15) is 5.10 Å². The van der Waals surface area contributed by atoms with Gasteiger partial charge in [0.25, 0.3) is 0 Å². The number of piperidine rings is 1. The molecule has 1 atom stereocenters. The van der Waals surface area contributed by atoms with Crippen LogP contribution in [0.4, 0.5) is 0 Å². The zero-order valence-electron chi connectivity index (χ0n) is 8.45. The van der Waals surface area contributed by atoms with Crippen molar-refractivity contribution in [3.8, 4) is 0 Å². The minimum Gasteiger partial charge on any atom is -0.330 e. The van der Waals surface area contributed by atoms with E-state index in [0.717, 1.165) is 19.6 Å². The minimum absolute atomic E-state index is 0.687. The van der Waals surface area contributed by atoms with Gasteiger partial charge in [0.2, 0.25) is 0 Å². The van der Waals surface area contributed by atoms with Gasteiger partial charge in [0.05, 0.1) is 0 Å². The maximum Gasteiger partial charge on any atom is 0.0492 e. The topological polar surface area (TPSA) is 57.9 Å². The van der Waals surface area contributed by atoms with Gasteiger partial charge in [-0.25, -0.2) is 0 Å². The Morgan fingerprint density at radius 1 is 1.64 bits per heavy atom. The average molecular weight is 194 g/mol. The molecule has 1 saturated heterocycles. The molecule has 1 aromatic rings. The van der Waals surface area contributed by atoms with Gasteiger partial charge in [-0.05, 0) is 37.9 Å². The molecule has 0 spiro atoms. The van der Waals surface area contributed by atoms with Gasteiger partial charge in [-0.3, -0.25) is 10.00 Å². The summed E-state index contributed by atoms with van der Waals surface area (Å²) in [7, 11) is 0. The molecule has 1 unspecified atom stereocenters. The summed E-state index contributed by atoms with van der Waals surface area (Å²) in [6.07, 6.45) is 4.37. The van der Waals surface area contributed by atoms with Gasteiger partial charge in [0, 0.05) is 25.0 Å². The van der Waals surface area contributed by atoms with Crippen molar-refractivity contribution >= 4 is 0 Å². The highest BCUT2D eigenvalue weighted by molar-refractivity contribution is 4.97. The van der Waals surface area contributed by atoms with Crippen LogP contribution in [-0.2, 0) is 6.54 Å². The van der Waals surface area contributed by atoms with E-state index in [-0.39, 0.29) is 0 Å². The second-order valence-corrected chi connectivity index (χ2v) is 4.06. The largest absolute Gasteiger partial charge is 0.330 e. The van der Waals surface area contributed by atoms with E-state index in [0.29, 0.717) is 5.92 Å². The minimum atomic E-state index is 0.687. The van der Waals surface area contributed by atoms with Crippen LogP contribution in [0.2, 0.25) is 0 Å². The Morgan fingerprint density at radius 3 is 3.29 bits per heavy atom. The summed E-state index contributed by atoms with van der Waals surface area (Å²) < 4.78 is 0. The third kappa shape index (κ3) is 2.33. The highest BCUT2D eigenvalue weighted by Crippen LogP contribution is 2.16. The highest BCUT2D eigenvalue weighted by Gasteiger charge is 2.18. The molecule has 0 radical (unpaired) electrons. The van der Waals surface area contributed by atoms with Crippen molar-refractivity contribution in [2.45, 2.75) is 19.4 Å². The number of nitrogens with two attached hydrogens (primary N) is 1. The zero-order chi connectivity index (χ0) is 9.80. The molecule has 78 valence electrons. The van der Waals surface area contributed by atoms with Crippen molar-refractivity contribution in [1.82, 2.24) is 15.1 Å². The molecule has 1 aliphatic heterocycles. The second-order valence-electron chi connectivity index (χ2n) is 4.06. The standard InChI is InChI=1S/C10H18N4/c11-6-9-2-1-5-14(7-9)8-10-3-4-12-13-10/h3-4,9H,1-2,5-8,11H2,(H,12,13). The van der Waals surface area contributed by atoms with E-state index in [2.05, 4.69) is 15.1 Å². The molecular weight excluding hydrogens is 176 g/mol. The molecule has 14 heavy (non-hydrogen) atoms. The monoisotopic (exact) mass is 194 g/mol. The number of rotatable bonds is 3. The Labute approximate surface area is 84.5 Å². The lowest BCUT2D eigenvalue weighted by molar-refractivity contribution is 0.169. The van der Waals surface area contributed by atoms with Crippen LogP contribution in [0, 0.1) is 5.92 Å². The lowest BCUT2D eigenvalue weighted by Gasteiger charge is -2.31. The van der Waals surface area contributed by atoms with Gasteiger partial charge in [-0.15, -0.1) is 0 Å². The predicted octanol–water partition coefficient (Wildman–Crippen LogP) is 0.580. The second kappa shape index (κ2) is 4.57. The summed E-state index contributed by atoms with van der Waals surface area (Å²) in [5.74, 6) is 0.687. The fraction of sp³-hybridized carbons (Fsp3) is 0.700. The predicted molar refractivity (Wildman–Crippen MR) is 55.6 cm³/mol. The smallest absolute Gasteiger partial charge is 0.0492 e. The van der Waals surface area contributed by atoms with Crippen LogP contribution in [-0.4, -0.2) is 34.7 Å². The normalized spacial score (nSPS) is 23.9. The molecule has 4 heteroatoms. The van der Waals surface area contributed by atoms with Crippen LogP contribution in [0.3, 0.4) is 0 Å². The molecule has 0 bridgehead atoms. The molecule has 2 rings (SSSR count). The molecule has 0 aromatic carbocycles. The summed E-state index contributed by atoms with van der Waals surface area (Å²) in [5, 5.41) is 6.94. The third-order valence-corrected chi connectivity index (χ3v) is 2.89. The van der Waals surface area contributed by atoms with Gasteiger partial charge in [0.1, 0.15) is 0 Å². The summed E-state index contributed by atoms with van der Waals surface area (Å²) in [6.45, 7) is 4.13. The summed E-state index contributed by atoms with van der Waals surface area (Å²) >= 11 is 0. The third-order valence-electron chi connectivity index (χ3n) is 2.89. The van der Waals surface area contributed by atoms with E-state index in [4.69, 9.17) is 5.73 Å². The summed E-state index contributed by atoms with van der Waals surface area (Å²) in [6, 6.07) is 2.03. The number of nitrogens with zero attached hydrogens (tertiary/aromatic N) is 2. The van der Waals surface area contributed by atoms with Crippen molar-refractivity contribution < 1.29 is 0 Å². The number of nitrogens with one attached hydrogen (secondary N) is 1. The molecular formula is C10H18N4. The Hall–Kier alpha value is -0.870. The van der Waals surface area contributed by atoms with Crippen LogP contribution in [0.15, 0.2) is 12.3 Å². The van der Waals surface area contributed by atoms with Crippen molar-refractivity contribution in [3.63, 3.8) is 0 Å². The quantitative estimate of drug-likeness (QED) is 0.740. The van der Waals surface area contributed by atoms with Crippen LogP contribution in [0.25, 0.3) is 0 Å². The van der Waals surface area contributed by atoms with Crippen molar-refractivity contribution in [1.29, 1.82) is 0 Å². The van der Waals surface area contributed by atoms with Crippen LogP contribution in [0.1, 0.15) is 18.5 Å². The van der Waals surface area contributed by atoms with Crippen molar-refractivity contribution in [2.24, 2.45) is 11.7 Å². The van der Waals surface area contributed by atoms with E-state index in [9.17, 15) is 0 Å². The Morgan fingerprint density at radius 2 is 2.57 bits per heavy atom. The van der Waals surface area contributed by atoms with E-state index < -0.39 is 0 Å². The molecule has 0 aliphatic carbocycles. The molecule has 0 amide bonds. The lowest BCUT2D eigenvalue weighted by atomic mass is 9.98. The molecule has 0 saturated carbocycles. The number of likely N-dealkylation sites (tertiary alicyclic amines) is 1. The van der Waals surface area contributed by atoms with Gasteiger partial charge >= 0.3 is 0 Å². The fourth-order valence-electron chi connectivity index (χ4n) is 2.10. The molecule has 1 fully saturated rings. The summed E-state index contributed by atoms with van der Waals surface area (Å²) in [5.41, 5.74) is 6.89. The Kier molecular flexibility index (Phi) is 3.16. The molecule has 2 heterocycles. The molecule has 1 aromatic heterocycles. The first-order valence-electron chi connectivity index (χ1n) is 5.29. The Balaban J connectivity index is 1.86. The maximum atomic E-state index is 5.69. The van der Waals surface area contributed by atoms with Crippen molar-refractivity contribution in [2.75, 3.05) is 19.6 Å². The number of H-pyrrole nitrogens is 1. The van der Waals surface area contributed by atoms with E-state index in [1.54, 1.807) is 6.20 Å². The van der Waals surface area contributed by atoms with Gasteiger partial charge in [-0.1, -0.05) is 0 Å². The van der Waals surface area contributed by atoms with Crippen LogP contribution >= 0.6 is 0 Å². The molecule has 3 N–H and O–H groups in total. The zero-order valence-corrected chi connectivity index (χ0v) is 8.45. The SMILES string of the molecule is NCC1CCCN(Cc2ccn[nH]2)C1. The van der Waals surface area contributed by atoms with Gasteiger partial charge < -0.3 is 5.73 Å². The lowest BCUT2D eigenvalue weighted by Crippen LogP contribution is -2.37. The average Bonchev–Trinajstić information content (AvgIpc) is 2.71. The number of aromatic amines is 1. The first-order valence-corrected chi connectivity index (χ1v) is 5.29. The summed E-state index contributed by atoms with van der Waals surface area (Å²) in [4.78, 5) is 2.45. The van der Waals surface area contributed by atoms with Crippen LogP contribution < -0.4 is 5.73 Å². The van der Waals surface area contributed by atoms with Gasteiger partial charge in [0.15, 0.2) is 0 Å². The first-order chi connectivity index (χ1) is 6.88. The van der Waals surface area contributed by atoms with Crippen molar-refractivity contribution in [3.05, 3.63) is 18.0 Å². The van der Waals surface area contributed by atoms with E-state index in [1.807, 2.05) is 6.07 Å². The number of hydrogen-bond acceptors (Lipinski definition) is 3. The maximum absolute atomic E-state index is 5.69. The van der Waals surface area contributed by atoms with E-state index >= 15 is 0 Å². The highest BCUT2D eigenvalue weighted by atomic mass is 15.2. The molecule has 4 nitrogen and oxygen atoms in total. The first kappa shape index (κ1) is 9.68. The number of hydrogen-bond donors (Lipinski definition) is 2. The number of aromatic nitrogens is 2. The fourth-order valence-corrected chi connectivity index (χ4v) is 2.10.